The Bertz CT molecular complexity index is 407. The summed E-state index contributed by atoms with van der Waals surface area (Å²) >= 11 is 0. The van der Waals surface area contributed by atoms with Gasteiger partial charge in [-0.1, -0.05) is 0 Å². The molecule has 5 nitrogen and oxygen atoms in total. The number of hydrogen-bond donors (Lipinski definition) is 2. The van der Waals surface area contributed by atoms with E-state index in [4.69, 9.17) is 19.5 Å². The molecular formula is C9H10BFO5. The molecule has 16 heavy (non-hydrogen) atoms. The van der Waals surface area contributed by atoms with Crippen LogP contribution < -0.4 is 14.9 Å². The second kappa shape index (κ2) is 4.95. The van der Waals surface area contributed by atoms with Crippen molar-refractivity contribution in [2.75, 3.05) is 14.2 Å². The van der Waals surface area contributed by atoms with E-state index in [9.17, 15) is 9.18 Å². The van der Waals surface area contributed by atoms with Gasteiger partial charge >= 0.3 is 7.12 Å². The Morgan fingerprint density at radius 2 is 2.00 bits per heavy atom. The van der Waals surface area contributed by atoms with Crippen molar-refractivity contribution in [3.05, 3.63) is 17.4 Å². The van der Waals surface area contributed by atoms with Gasteiger partial charge in [-0.2, -0.15) is 0 Å². The third-order valence-corrected chi connectivity index (χ3v) is 2.06. The normalized spacial score (nSPS) is 9.81. The Balaban J connectivity index is 3.54. The van der Waals surface area contributed by atoms with Gasteiger partial charge < -0.3 is 19.5 Å². The third kappa shape index (κ3) is 2.00. The van der Waals surface area contributed by atoms with E-state index in [1.807, 2.05) is 0 Å². The highest BCUT2D eigenvalue weighted by molar-refractivity contribution is 6.59. The average Bonchev–Trinajstić information content (AvgIpc) is 2.27. The highest BCUT2D eigenvalue weighted by Crippen LogP contribution is 2.30. The summed E-state index contributed by atoms with van der Waals surface area (Å²) in [4.78, 5) is 10.7. The average molecular weight is 228 g/mol. The zero-order valence-corrected chi connectivity index (χ0v) is 8.73. The molecular weight excluding hydrogens is 218 g/mol. The lowest BCUT2D eigenvalue weighted by atomic mass is 9.78. The van der Waals surface area contributed by atoms with Crippen LogP contribution in [0.25, 0.3) is 0 Å². The number of methoxy groups -OCH3 is 2. The van der Waals surface area contributed by atoms with Gasteiger partial charge in [0.15, 0.2) is 17.8 Å². The molecule has 1 aromatic carbocycles. The van der Waals surface area contributed by atoms with Gasteiger partial charge in [-0.05, 0) is 6.07 Å². The number of carbonyl (C=O) groups excluding carboxylic acids is 1. The first-order chi connectivity index (χ1) is 7.56. The fourth-order valence-electron chi connectivity index (χ4n) is 1.31. The molecule has 1 aromatic rings. The van der Waals surface area contributed by atoms with Gasteiger partial charge in [0.2, 0.25) is 0 Å². The molecule has 0 aliphatic rings. The van der Waals surface area contributed by atoms with Gasteiger partial charge in [-0.15, -0.1) is 0 Å². The maximum Gasteiger partial charge on any atom is 0.491 e. The Morgan fingerprint density at radius 1 is 1.38 bits per heavy atom. The van der Waals surface area contributed by atoms with Crippen molar-refractivity contribution >= 4 is 18.9 Å². The summed E-state index contributed by atoms with van der Waals surface area (Å²) < 4.78 is 23.3. The first-order valence-electron chi connectivity index (χ1n) is 4.32. The number of rotatable bonds is 4. The summed E-state index contributed by atoms with van der Waals surface area (Å²) in [5, 5.41) is 17.8. The molecule has 0 atom stereocenters. The quantitative estimate of drug-likeness (QED) is 0.528. The van der Waals surface area contributed by atoms with Crippen LogP contribution in [0.2, 0.25) is 0 Å². The topological polar surface area (TPSA) is 76.0 Å². The highest BCUT2D eigenvalue weighted by Gasteiger charge is 2.25. The number of ether oxygens (including phenoxy) is 2. The molecule has 0 aliphatic carbocycles. The molecule has 0 amide bonds. The predicted octanol–water partition coefficient (Wildman–Crippen LogP) is -0.665. The first kappa shape index (κ1) is 12.5. The van der Waals surface area contributed by atoms with Crippen LogP contribution in [0.5, 0.6) is 11.5 Å². The predicted molar refractivity (Wildman–Crippen MR) is 54.7 cm³/mol. The molecule has 0 heterocycles. The van der Waals surface area contributed by atoms with Crippen LogP contribution in [0.3, 0.4) is 0 Å². The summed E-state index contributed by atoms with van der Waals surface area (Å²) in [7, 11) is 0.510. The second-order valence-corrected chi connectivity index (χ2v) is 2.92. The number of hydrogen-bond acceptors (Lipinski definition) is 5. The molecule has 0 aromatic heterocycles. The third-order valence-electron chi connectivity index (χ3n) is 2.06. The fraction of sp³-hybridized carbons (Fsp3) is 0.222. The lowest BCUT2D eigenvalue weighted by molar-refractivity contribution is 0.111. The monoisotopic (exact) mass is 228 g/mol. The number of carbonyl (C=O) groups is 1. The van der Waals surface area contributed by atoms with Crippen LogP contribution in [-0.2, 0) is 0 Å². The molecule has 86 valence electrons. The minimum absolute atomic E-state index is 0.0501. The minimum atomic E-state index is -2.03. The van der Waals surface area contributed by atoms with Crippen LogP contribution in [0.1, 0.15) is 10.4 Å². The van der Waals surface area contributed by atoms with Gasteiger partial charge in [0, 0.05) is 5.46 Å². The van der Waals surface area contributed by atoms with E-state index in [0.29, 0.717) is 0 Å². The van der Waals surface area contributed by atoms with E-state index < -0.39 is 24.0 Å². The molecule has 0 saturated carbocycles. The Labute approximate surface area is 91.6 Å². The minimum Gasteiger partial charge on any atom is -0.493 e. The first-order valence-corrected chi connectivity index (χ1v) is 4.32. The summed E-state index contributed by atoms with van der Waals surface area (Å²) in [5.41, 5.74) is -0.857. The van der Waals surface area contributed by atoms with Crippen LogP contribution in [0, 0.1) is 5.82 Å². The van der Waals surface area contributed by atoms with E-state index in [-0.39, 0.29) is 17.8 Å². The summed E-state index contributed by atoms with van der Waals surface area (Å²) in [5.74, 6) is -1.07. The van der Waals surface area contributed by atoms with Gasteiger partial charge in [-0.3, -0.25) is 4.79 Å². The number of benzene rings is 1. The zero-order chi connectivity index (χ0) is 12.3. The van der Waals surface area contributed by atoms with Crippen LogP contribution in [0.4, 0.5) is 4.39 Å². The van der Waals surface area contributed by atoms with Crippen molar-refractivity contribution in [1.82, 2.24) is 0 Å². The van der Waals surface area contributed by atoms with E-state index in [2.05, 4.69) is 0 Å². The number of aldehydes is 1. The van der Waals surface area contributed by atoms with Crippen molar-refractivity contribution in [2.45, 2.75) is 0 Å². The lowest BCUT2D eigenvalue weighted by Gasteiger charge is -2.13. The van der Waals surface area contributed by atoms with Crippen LogP contribution in [0.15, 0.2) is 6.07 Å². The molecule has 0 bridgehead atoms. The van der Waals surface area contributed by atoms with Crippen LogP contribution in [-0.4, -0.2) is 37.7 Å². The lowest BCUT2D eigenvalue weighted by Crippen LogP contribution is -2.34. The van der Waals surface area contributed by atoms with Crippen molar-refractivity contribution < 1.29 is 28.7 Å². The van der Waals surface area contributed by atoms with E-state index in [1.54, 1.807) is 0 Å². The van der Waals surface area contributed by atoms with Gasteiger partial charge in [-0.25, -0.2) is 4.39 Å². The standard InChI is InChI=1S/C9H10BFO5/c1-15-7-3-6(10(13)14)8(11)5(4-12)9(7)16-2/h3-4,13-14H,1-2H3. The van der Waals surface area contributed by atoms with Crippen LogP contribution >= 0.6 is 0 Å². The molecule has 0 saturated heterocycles. The second-order valence-electron chi connectivity index (χ2n) is 2.92. The molecule has 7 heteroatoms. The molecule has 0 unspecified atom stereocenters. The highest BCUT2D eigenvalue weighted by atomic mass is 19.1. The van der Waals surface area contributed by atoms with Crippen molar-refractivity contribution in [1.29, 1.82) is 0 Å². The Kier molecular flexibility index (Phi) is 3.86. The Morgan fingerprint density at radius 3 is 2.38 bits per heavy atom. The molecule has 0 aliphatic heterocycles. The van der Waals surface area contributed by atoms with Gasteiger partial charge in [0.05, 0.1) is 19.8 Å². The van der Waals surface area contributed by atoms with Crippen molar-refractivity contribution in [3.8, 4) is 11.5 Å². The molecule has 1 rings (SSSR count). The number of halogens is 1. The zero-order valence-electron chi connectivity index (χ0n) is 8.73. The largest absolute Gasteiger partial charge is 0.493 e. The van der Waals surface area contributed by atoms with Gasteiger partial charge in [0.1, 0.15) is 5.82 Å². The summed E-state index contributed by atoms with van der Waals surface area (Å²) in [6, 6.07) is 1.06. The van der Waals surface area contributed by atoms with E-state index in [1.165, 1.54) is 14.2 Å². The molecule has 2 N–H and O–H groups in total. The van der Waals surface area contributed by atoms with Gasteiger partial charge in [0.25, 0.3) is 0 Å². The van der Waals surface area contributed by atoms with Crippen molar-refractivity contribution in [3.63, 3.8) is 0 Å². The smallest absolute Gasteiger partial charge is 0.491 e. The summed E-state index contributed by atoms with van der Waals surface area (Å²) in [6.45, 7) is 0. The SMILES string of the molecule is COc1cc(B(O)O)c(F)c(C=O)c1OC. The Hall–Kier alpha value is -1.60. The maximum absolute atomic E-state index is 13.6. The van der Waals surface area contributed by atoms with Crippen molar-refractivity contribution in [2.24, 2.45) is 0 Å². The maximum atomic E-state index is 13.6. The molecule has 0 spiro atoms. The molecule has 0 fully saturated rings. The fourth-order valence-corrected chi connectivity index (χ4v) is 1.31. The van der Waals surface area contributed by atoms with E-state index in [0.717, 1.165) is 6.07 Å². The molecule has 0 radical (unpaired) electrons. The van der Waals surface area contributed by atoms with E-state index >= 15 is 0 Å². The summed E-state index contributed by atoms with van der Waals surface area (Å²) in [6.07, 6.45) is 0.225.